The predicted octanol–water partition coefficient (Wildman–Crippen LogP) is 5.56. The molecule has 2 heterocycles. The van der Waals surface area contributed by atoms with E-state index in [1.807, 2.05) is 12.1 Å². The van der Waals surface area contributed by atoms with Gasteiger partial charge in [0.05, 0.1) is 28.3 Å². The molecular formula is C23H22Cl2N2O3S. The molecule has 0 spiro atoms. The number of rotatable bonds is 6. The van der Waals surface area contributed by atoms with E-state index in [9.17, 15) is 9.59 Å². The molecule has 1 saturated carbocycles. The van der Waals surface area contributed by atoms with E-state index in [0.29, 0.717) is 32.9 Å². The minimum absolute atomic E-state index is 0.109. The molecule has 1 amide bonds. The number of nitrogens with one attached hydrogen (secondary N) is 2. The number of aromatic amines is 1. The zero-order valence-electron chi connectivity index (χ0n) is 16.9. The van der Waals surface area contributed by atoms with Crippen molar-refractivity contribution in [3.63, 3.8) is 0 Å². The van der Waals surface area contributed by atoms with E-state index >= 15 is 0 Å². The summed E-state index contributed by atoms with van der Waals surface area (Å²) in [6, 6.07) is 9.72. The molecule has 5 nitrogen and oxygen atoms in total. The molecule has 0 saturated heterocycles. The number of hydrogen-bond donors (Lipinski definition) is 2. The van der Waals surface area contributed by atoms with Crippen LogP contribution in [0.15, 0.2) is 30.3 Å². The van der Waals surface area contributed by atoms with Crippen LogP contribution in [0.3, 0.4) is 0 Å². The average molecular weight is 477 g/mol. The highest BCUT2D eigenvalue weighted by molar-refractivity contribution is 7.23. The highest BCUT2D eigenvalue weighted by atomic mass is 35.5. The Bertz CT molecular complexity index is 1170. The molecule has 31 heavy (non-hydrogen) atoms. The molecule has 0 aliphatic heterocycles. The van der Waals surface area contributed by atoms with Crippen molar-refractivity contribution in [2.24, 2.45) is 11.8 Å². The summed E-state index contributed by atoms with van der Waals surface area (Å²) in [6.07, 6.45) is 3.79. The van der Waals surface area contributed by atoms with Crippen LogP contribution in [-0.4, -0.2) is 30.0 Å². The zero-order chi connectivity index (χ0) is 21.7. The SMILES string of the molecule is COC(=O)C(CC1CC1)[C@@H]1c2ccccc2C[C@H]1NC(=O)c1cc2sc(Cl)c(Cl)c2[nH]1. The van der Waals surface area contributed by atoms with Crippen LogP contribution in [0.2, 0.25) is 9.36 Å². The second kappa shape index (κ2) is 8.15. The van der Waals surface area contributed by atoms with Gasteiger partial charge in [0.2, 0.25) is 0 Å². The number of thiophene rings is 1. The van der Waals surface area contributed by atoms with Crippen LogP contribution in [0.4, 0.5) is 0 Å². The minimum atomic E-state index is -0.271. The number of methoxy groups -OCH3 is 1. The van der Waals surface area contributed by atoms with Gasteiger partial charge in [-0.3, -0.25) is 9.59 Å². The van der Waals surface area contributed by atoms with Crippen LogP contribution in [0.1, 0.15) is 46.8 Å². The highest BCUT2D eigenvalue weighted by Crippen LogP contribution is 2.46. The van der Waals surface area contributed by atoms with Crippen LogP contribution in [0, 0.1) is 11.8 Å². The summed E-state index contributed by atoms with van der Waals surface area (Å²) in [4.78, 5) is 29.0. The number of carbonyl (C=O) groups is 2. The van der Waals surface area contributed by atoms with Crippen molar-refractivity contribution < 1.29 is 14.3 Å². The quantitative estimate of drug-likeness (QED) is 0.457. The van der Waals surface area contributed by atoms with E-state index in [2.05, 4.69) is 22.4 Å². The Morgan fingerprint density at radius 3 is 2.77 bits per heavy atom. The van der Waals surface area contributed by atoms with Crippen molar-refractivity contribution >= 4 is 56.6 Å². The van der Waals surface area contributed by atoms with Gasteiger partial charge in [-0.15, -0.1) is 11.3 Å². The lowest BCUT2D eigenvalue weighted by Gasteiger charge is -2.28. The maximum atomic E-state index is 13.1. The molecule has 1 aromatic carbocycles. The van der Waals surface area contributed by atoms with Crippen LogP contribution in [-0.2, 0) is 16.0 Å². The molecule has 5 rings (SSSR count). The van der Waals surface area contributed by atoms with Crippen molar-refractivity contribution in [2.75, 3.05) is 7.11 Å². The van der Waals surface area contributed by atoms with Gasteiger partial charge in [-0.05, 0) is 36.0 Å². The van der Waals surface area contributed by atoms with Crippen molar-refractivity contribution in [1.29, 1.82) is 0 Å². The molecular weight excluding hydrogens is 455 g/mol. The van der Waals surface area contributed by atoms with Crippen LogP contribution >= 0.6 is 34.5 Å². The standard InChI is InChI=1S/C23H22Cl2N2O3S/c1-30-23(29)14(8-11-6-7-11)18-13-5-3-2-4-12(13)9-15(18)27-22(28)16-10-17-20(26-16)19(24)21(25)31-17/h2-5,10-11,14-15,18,26H,6-9H2,1H3,(H,27,28)/t14?,15-,18+/m1/s1. The Labute approximate surface area is 194 Å². The number of carbonyl (C=O) groups excluding carboxylic acids is 2. The fraction of sp³-hybridized carbons (Fsp3) is 0.391. The monoisotopic (exact) mass is 476 g/mol. The second-order valence-electron chi connectivity index (χ2n) is 8.43. The van der Waals surface area contributed by atoms with Gasteiger partial charge < -0.3 is 15.0 Å². The lowest BCUT2D eigenvalue weighted by atomic mass is 9.81. The summed E-state index contributed by atoms with van der Waals surface area (Å²) in [7, 11) is 1.44. The third kappa shape index (κ3) is 3.86. The number of halogens is 2. The molecule has 2 N–H and O–H groups in total. The molecule has 1 unspecified atom stereocenters. The Morgan fingerprint density at radius 1 is 1.29 bits per heavy atom. The largest absolute Gasteiger partial charge is 0.469 e. The molecule has 2 aromatic heterocycles. The summed E-state index contributed by atoms with van der Waals surface area (Å²) in [5.74, 6) is -0.229. The van der Waals surface area contributed by atoms with E-state index in [-0.39, 0.29) is 29.8 Å². The number of ether oxygens (including phenoxy) is 1. The smallest absolute Gasteiger partial charge is 0.309 e. The fourth-order valence-corrected chi connectivity index (χ4v) is 6.29. The predicted molar refractivity (Wildman–Crippen MR) is 123 cm³/mol. The molecule has 2 aliphatic rings. The first-order chi connectivity index (χ1) is 15.0. The topological polar surface area (TPSA) is 71.2 Å². The lowest BCUT2D eigenvalue weighted by molar-refractivity contribution is -0.147. The van der Waals surface area contributed by atoms with E-state index in [4.69, 9.17) is 27.9 Å². The summed E-state index contributed by atoms with van der Waals surface area (Å²) >= 11 is 13.6. The number of fused-ring (bicyclic) bond motifs is 2. The normalized spacial score (nSPS) is 21.1. The highest BCUT2D eigenvalue weighted by Gasteiger charge is 2.44. The maximum absolute atomic E-state index is 13.1. The van der Waals surface area contributed by atoms with Gasteiger partial charge in [0.25, 0.3) is 5.91 Å². The van der Waals surface area contributed by atoms with E-state index in [0.717, 1.165) is 29.5 Å². The number of H-pyrrole nitrogens is 1. The van der Waals surface area contributed by atoms with Crippen molar-refractivity contribution in [2.45, 2.75) is 37.6 Å². The molecule has 2 aliphatic carbocycles. The second-order valence-corrected chi connectivity index (χ2v) is 10.5. The van der Waals surface area contributed by atoms with Gasteiger partial charge in [-0.25, -0.2) is 0 Å². The zero-order valence-corrected chi connectivity index (χ0v) is 19.2. The molecule has 0 bridgehead atoms. The van der Waals surface area contributed by atoms with Gasteiger partial charge in [0.15, 0.2) is 0 Å². The van der Waals surface area contributed by atoms with Gasteiger partial charge in [0.1, 0.15) is 10.0 Å². The lowest BCUT2D eigenvalue weighted by Crippen LogP contribution is -2.42. The number of aromatic nitrogens is 1. The third-order valence-electron chi connectivity index (χ3n) is 6.44. The number of hydrogen-bond acceptors (Lipinski definition) is 4. The first kappa shape index (κ1) is 20.9. The molecule has 0 radical (unpaired) electrons. The van der Waals surface area contributed by atoms with Crippen LogP contribution < -0.4 is 5.32 Å². The molecule has 1 fully saturated rings. The molecule has 3 aromatic rings. The molecule has 3 atom stereocenters. The summed E-state index contributed by atoms with van der Waals surface area (Å²) in [5, 5.41) is 3.61. The van der Waals surface area contributed by atoms with Crippen LogP contribution in [0.5, 0.6) is 0 Å². The van der Waals surface area contributed by atoms with Crippen molar-refractivity contribution in [1.82, 2.24) is 10.3 Å². The van der Waals surface area contributed by atoms with Gasteiger partial charge in [0, 0.05) is 12.0 Å². The van der Waals surface area contributed by atoms with Crippen LogP contribution in [0.25, 0.3) is 10.2 Å². The van der Waals surface area contributed by atoms with Crippen molar-refractivity contribution in [3.05, 3.63) is 56.5 Å². The average Bonchev–Trinajstić information content (AvgIpc) is 3.28. The fourth-order valence-electron chi connectivity index (χ4n) is 4.80. The van der Waals surface area contributed by atoms with Gasteiger partial charge in [-0.2, -0.15) is 0 Å². The number of amides is 1. The third-order valence-corrected chi connectivity index (χ3v) is 8.38. The summed E-state index contributed by atoms with van der Waals surface area (Å²) < 4.78 is 6.52. The minimum Gasteiger partial charge on any atom is -0.469 e. The van der Waals surface area contributed by atoms with Gasteiger partial charge >= 0.3 is 5.97 Å². The van der Waals surface area contributed by atoms with E-state index in [1.54, 1.807) is 6.07 Å². The Balaban J connectivity index is 1.44. The molecule has 8 heteroatoms. The van der Waals surface area contributed by atoms with Gasteiger partial charge in [-0.1, -0.05) is 60.3 Å². The Morgan fingerprint density at radius 2 is 2.06 bits per heavy atom. The van der Waals surface area contributed by atoms with Crippen molar-refractivity contribution in [3.8, 4) is 0 Å². The Kier molecular flexibility index (Phi) is 5.49. The first-order valence-electron chi connectivity index (χ1n) is 10.4. The summed E-state index contributed by atoms with van der Waals surface area (Å²) in [5.41, 5.74) is 3.41. The summed E-state index contributed by atoms with van der Waals surface area (Å²) in [6.45, 7) is 0. The maximum Gasteiger partial charge on any atom is 0.309 e. The number of esters is 1. The molecule has 162 valence electrons. The number of benzene rings is 1. The Hall–Kier alpha value is -2.02. The van der Waals surface area contributed by atoms with E-state index < -0.39 is 0 Å². The first-order valence-corrected chi connectivity index (χ1v) is 12.0. The van der Waals surface area contributed by atoms with E-state index in [1.165, 1.54) is 24.0 Å².